The Morgan fingerprint density at radius 3 is 2.32 bits per heavy atom. The van der Waals surface area contributed by atoms with Gasteiger partial charge in [-0.05, 0) is 39.0 Å². The van der Waals surface area contributed by atoms with Crippen LogP contribution in [0.25, 0.3) is 22.0 Å². The Morgan fingerprint density at radius 2 is 1.68 bits per heavy atom. The van der Waals surface area contributed by atoms with Crippen LogP contribution in [0.5, 0.6) is 0 Å². The highest BCUT2D eigenvalue weighted by Gasteiger charge is 2.26. The van der Waals surface area contributed by atoms with Gasteiger partial charge in [0.2, 0.25) is 0 Å². The smallest absolute Gasteiger partial charge is 0.272 e. The second-order valence-electron chi connectivity index (χ2n) is 8.37. The average molecular weight is 377 g/mol. The SMILES string of the molecule is CC(C)(C)N1CCN(c2ccc(-c3n[nH]c(=O)c4ccccc34)cc2N)CC1. The van der Waals surface area contributed by atoms with Gasteiger partial charge in [0.05, 0.1) is 22.5 Å². The predicted octanol–water partition coefficient (Wildman–Crippen LogP) is 3.09. The van der Waals surface area contributed by atoms with Crippen molar-refractivity contribution in [2.75, 3.05) is 36.8 Å². The van der Waals surface area contributed by atoms with Crippen molar-refractivity contribution < 1.29 is 0 Å². The third-order valence-electron chi connectivity index (χ3n) is 5.57. The largest absolute Gasteiger partial charge is 0.397 e. The zero-order valence-electron chi connectivity index (χ0n) is 16.7. The summed E-state index contributed by atoms with van der Waals surface area (Å²) in [6.45, 7) is 10.7. The van der Waals surface area contributed by atoms with Crippen LogP contribution >= 0.6 is 0 Å². The summed E-state index contributed by atoms with van der Waals surface area (Å²) in [7, 11) is 0. The number of rotatable bonds is 2. The fraction of sp³-hybridized carbons (Fsp3) is 0.364. The van der Waals surface area contributed by atoms with Gasteiger partial charge in [0.1, 0.15) is 0 Å². The van der Waals surface area contributed by atoms with Gasteiger partial charge in [-0.1, -0.05) is 24.3 Å². The van der Waals surface area contributed by atoms with Gasteiger partial charge in [-0.15, -0.1) is 0 Å². The topological polar surface area (TPSA) is 78.2 Å². The maximum absolute atomic E-state index is 12.0. The van der Waals surface area contributed by atoms with E-state index in [1.165, 1.54) is 0 Å². The highest BCUT2D eigenvalue weighted by molar-refractivity contribution is 5.94. The molecule has 0 bridgehead atoms. The number of H-pyrrole nitrogens is 1. The molecule has 4 rings (SSSR count). The Kier molecular flexibility index (Phi) is 4.59. The van der Waals surface area contributed by atoms with Gasteiger partial charge in [-0.25, -0.2) is 5.10 Å². The molecule has 28 heavy (non-hydrogen) atoms. The molecule has 2 aromatic carbocycles. The Balaban J connectivity index is 1.63. The number of hydrogen-bond acceptors (Lipinski definition) is 5. The fourth-order valence-electron chi connectivity index (χ4n) is 3.94. The van der Waals surface area contributed by atoms with E-state index in [1.807, 2.05) is 36.4 Å². The summed E-state index contributed by atoms with van der Waals surface area (Å²) in [6.07, 6.45) is 0. The van der Waals surface area contributed by atoms with E-state index in [4.69, 9.17) is 5.73 Å². The number of nitrogens with zero attached hydrogens (tertiary/aromatic N) is 3. The van der Waals surface area contributed by atoms with Crippen LogP contribution in [0.3, 0.4) is 0 Å². The molecule has 3 aromatic rings. The molecule has 0 spiro atoms. The number of nitrogens with two attached hydrogens (primary N) is 1. The lowest BCUT2D eigenvalue weighted by Crippen LogP contribution is -2.53. The number of hydrogen-bond donors (Lipinski definition) is 2. The second kappa shape index (κ2) is 6.95. The highest BCUT2D eigenvalue weighted by Crippen LogP contribution is 2.32. The molecular weight excluding hydrogens is 350 g/mol. The van der Waals surface area contributed by atoms with Crippen molar-refractivity contribution >= 4 is 22.1 Å². The lowest BCUT2D eigenvalue weighted by molar-refractivity contribution is 0.128. The third-order valence-corrected chi connectivity index (χ3v) is 5.57. The van der Waals surface area contributed by atoms with E-state index in [1.54, 1.807) is 0 Å². The average Bonchev–Trinajstić information content (AvgIpc) is 2.68. The number of anilines is 2. The van der Waals surface area contributed by atoms with Gasteiger partial charge in [-0.3, -0.25) is 9.69 Å². The zero-order valence-corrected chi connectivity index (χ0v) is 16.7. The molecule has 0 aliphatic carbocycles. The molecule has 0 amide bonds. The molecular formula is C22H27N5O. The lowest BCUT2D eigenvalue weighted by atomic mass is 10.0. The van der Waals surface area contributed by atoms with E-state index >= 15 is 0 Å². The number of benzene rings is 2. The van der Waals surface area contributed by atoms with Crippen molar-refractivity contribution in [3.63, 3.8) is 0 Å². The molecule has 1 aromatic heterocycles. The Morgan fingerprint density at radius 1 is 1.00 bits per heavy atom. The molecule has 1 aliphatic heterocycles. The van der Waals surface area contributed by atoms with Crippen molar-refractivity contribution in [1.82, 2.24) is 15.1 Å². The maximum atomic E-state index is 12.0. The molecule has 146 valence electrons. The molecule has 0 atom stereocenters. The Bertz CT molecular complexity index is 1060. The summed E-state index contributed by atoms with van der Waals surface area (Å²) in [5, 5.41) is 8.34. The molecule has 1 saturated heterocycles. The van der Waals surface area contributed by atoms with Crippen LogP contribution < -0.4 is 16.2 Å². The fourth-order valence-corrected chi connectivity index (χ4v) is 3.94. The maximum Gasteiger partial charge on any atom is 0.272 e. The molecule has 0 saturated carbocycles. The summed E-state index contributed by atoms with van der Waals surface area (Å²) < 4.78 is 0. The van der Waals surface area contributed by atoms with E-state index < -0.39 is 0 Å². The molecule has 0 unspecified atom stereocenters. The first kappa shape index (κ1) is 18.5. The first-order chi connectivity index (χ1) is 13.3. The molecule has 3 N–H and O–H groups in total. The van der Waals surface area contributed by atoms with Gasteiger partial charge in [0.25, 0.3) is 5.56 Å². The van der Waals surface area contributed by atoms with Crippen molar-refractivity contribution in [2.24, 2.45) is 0 Å². The molecule has 6 nitrogen and oxygen atoms in total. The van der Waals surface area contributed by atoms with Crippen LogP contribution in [0.2, 0.25) is 0 Å². The number of aromatic nitrogens is 2. The minimum atomic E-state index is -0.180. The molecule has 0 radical (unpaired) electrons. The van der Waals surface area contributed by atoms with E-state index in [9.17, 15) is 4.79 Å². The first-order valence-corrected chi connectivity index (χ1v) is 9.72. The van der Waals surface area contributed by atoms with Crippen LogP contribution in [-0.2, 0) is 0 Å². The predicted molar refractivity (Wildman–Crippen MR) is 116 cm³/mol. The number of fused-ring (bicyclic) bond motifs is 1. The monoisotopic (exact) mass is 377 g/mol. The molecule has 1 aliphatic rings. The van der Waals surface area contributed by atoms with Crippen LogP contribution in [0.1, 0.15) is 20.8 Å². The number of nitrogen functional groups attached to an aromatic ring is 1. The number of nitrogens with one attached hydrogen (secondary N) is 1. The number of aromatic amines is 1. The van der Waals surface area contributed by atoms with Crippen molar-refractivity contribution in [3.8, 4) is 11.3 Å². The van der Waals surface area contributed by atoms with Crippen molar-refractivity contribution in [2.45, 2.75) is 26.3 Å². The summed E-state index contributed by atoms with van der Waals surface area (Å²) in [5.41, 5.74) is 9.88. The summed E-state index contributed by atoms with van der Waals surface area (Å²) in [4.78, 5) is 16.9. The first-order valence-electron chi connectivity index (χ1n) is 9.72. The minimum absolute atomic E-state index is 0.180. The molecule has 6 heteroatoms. The van der Waals surface area contributed by atoms with Gasteiger partial charge in [0, 0.05) is 42.7 Å². The van der Waals surface area contributed by atoms with Gasteiger partial charge >= 0.3 is 0 Å². The molecule has 1 fully saturated rings. The Labute approximate surface area is 165 Å². The van der Waals surface area contributed by atoms with E-state index in [2.05, 4.69) is 46.8 Å². The normalized spacial score (nSPS) is 15.9. The summed E-state index contributed by atoms with van der Waals surface area (Å²) >= 11 is 0. The second-order valence-corrected chi connectivity index (χ2v) is 8.37. The van der Waals surface area contributed by atoms with Crippen molar-refractivity contribution in [1.29, 1.82) is 0 Å². The van der Waals surface area contributed by atoms with Gasteiger partial charge < -0.3 is 10.6 Å². The summed E-state index contributed by atoms with van der Waals surface area (Å²) in [5.74, 6) is 0. The van der Waals surface area contributed by atoms with Crippen LogP contribution in [-0.4, -0.2) is 46.8 Å². The van der Waals surface area contributed by atoms with Gasteiger partial charge in [0.15, 0.2) is 0 Å². The van der Waals surface area contributed by atoms with E-state index in [0.717, 1.165) is 54.2 Å². The van der Waals surface area contributed by atoms with Crippen molar-refractivity contribution in [3.05, 3.63) is 52.8 Å². The third kappa shape index (κ3) is 3.36. The standard InChI is InChI=1S/C22H27N5O/c1-22(2,3)27-12-10-26(11-13-27)19-9-8-15(14-18(19)23)20-16-6-4-5-7-17(16)21(28)25-24-20/h4-9,14H,10-13,23H2,1-3H3,(H,25,28). The van der Waals surface area contributed by atoms with Gasteiger partial charge in [-0.2, -0.15) is 5.10 Å². The van der Waals surface area contributed by atoms with Crippen LogP contribution in [0, 0.1) is 0 Å². The minimum Gasteiger partial charge on any atom is -0.397 e. The zero-order chi connectivity index (χ0) is 19.9. The van der Waals surface area contributed by atoms with E-state index in [-0.39, 0.29) is 11.1 Å². The van der Waals surface area contributed by atoms with Crippen LogP contribution in [0.15, 0.2) is 47.3 Å². The Hall–Kier alpha value is -2.86. The van der Waals surface area contributed by atoms with Crippen LogP contribution in [0.4, 0.5) is 11.4 Å². The van der Waals surface area contributed by atoms with E-state index in [0.29, 0.717) is 5.39 Å². The highest BCUT2D eigenvalue weighted by atomic mass is 16.1. The quantitative estimate of drug-likeness (QED) is 0.671. The summed E-state index contributed by atoms with van der Waals surface area (Å²) in [6, 6.07) is 13.6. The number of piperazine rings is 1. The lowest BCUT2D eigenvalue weighted by Gasteiger charge is -2.43. The molecule has 2 heterocycles.